The van der Waals surface area contributed by atoms with Crippen molar-refractivity contribution in [3.63, 3.8) is 0 Å². The first-order valence-corrected chi connectivity index (χ1v) is 7.70. The Labute approximate surface area is 142 Å². The largest absolute Gasteiger partial charge is 0.480 e. The number of halogens is 2. The van der Waals surface area contributed by atoms with E-state index in [-0.39, 0.29) is 24.3 Å². The minimum Gasteiger partial charge on any atom is -0.480 e. The molecule has 0 saturated heterocycles. The van der Waals surface area contributed by atoms with E-state index in [1.807, 2.05) is 6.07 Å². The molecule has 1 saturated carbocycles. The van der Waals surface area contributed by atoms with Crippen LogP contribution in [0.15, 0.2) is 30.5 Å². The monoisotopic (exact) mass is 353 g/mol. The van der Waals surface area contributed by atoms with Crippen LogP contribution in [0.25, 0.3) is 0 Å². The molecule has 120 valence electrons. The van der Waals surface area contributed by atoms with Gasteiger partial charge in [-0.05, 0) is 30.0 Å². The van der Waals surface area contributed by atoms with Gasteiger partial charge in [-0.25, -0.2) is 0 Å². The van der Waals surface area contributed by atoms with Crippen LogP contribution >= 0.6 is 23.2 Å². The lowest BCUT2D eigenvalue weighted by molar-refractivity contribution is -0.137. The summed E-state index contributed by atoms with van der Waals surface area (Å²) in [7, 11) is 0. The Morgan fingerprint density at radius 1 is 1.35 bits per heavy atom. The summed E-state index contributed by atoms with van der Waals surface area (Å²) in [6.45, 7) is -0.248. The molecule has 1 aliphatic rings. The number of benzene rings is 1. The molecule has 2 atom stereocenters. The maximum Gasteiger partial charge on any atom is 0.325 e. The van der Waals surface area contributed by atoms with Crippen molar-refractivity contribution < 1.29 is 14.7 Å². The van der Waals surface area contributed by atoms with Gasteiger partial charge in [0.15, 0.2) is 5.82 Å². The molecule has 2 aromatic rings. The van der Waals surface area contributed by atoms with Gasteiger partial charge in [-0.2, -0.15) is 5.10 Å². The van der Waals surface area contributed by atoms with E-state index >= 15 is 0 Å². The van der Waals surface area contributed by atoms with Crippen LogP contribution in [0.3, 0.4) is 0 Å². The van der Waals surface area contributed by atoms with Crippen molar-refractivity contribution in [2.45, 2.75) is 18.9 Å². The average molecular weight is 354 g/mol. The number of nitrogens with one attached hydrogen (secondary N) is 1. The molecule has 1 aromatic heterocycles. The third kappa shape index (κ3) is 3.65. The van der Waals surface area contributed by atoms with Crippen molar-refractivity contribution in [2.24, 2.45) is 5.92 Å². The van der Waals surface area contributed by atoms with Crippen molar-refractivity contribution in [3.8, 4) is 0 Å². The van der Waals surface area contributed by atoms with Gasteiger partial charge in [-0.1, -0.05) is 29.3 Å². The fourth-order valence-corrected chi connectivity index (χ4v) is 3.05. The minimum absolute atomic E-state index is 0.0703. The zero-order valence-electron chi connectivity index (χ0n) is 11.9. The Morgan fingerprint density at radius 3 is 2.83 bits per heavy atom. The van der Waals surface area contributed by atoms with Crippen LogP contribution in [0, 0.1) is 5.92 Å². The number of nitrogens with zero attached hydrogens (tertiary/aromatic N) is 2. The highest BCUT2D eigenvalue weighted by atomic mass is 35.5. The van der Waals surface area contributed by atoms with E-state index in [2.05, 4.69) is 10.4 Å². The van der Waals surface area contributed by atoms with E-state index in [0.717, 1.165) is 5.56 Å². The van der Waals surface area contributed by atoms with Gasteiger partial charge in [0.05, 0.1) is 0 Å². The number of carbonyl (C=O) groups excluding carboxylic acids is 1. The normalized spacial score (nSPS) is 19.4. The molecule has 0 spiro atoms. The van der Waals surface area contributed by atoms with Crippen molar-refractivity contribution >= 4 is 40.9 Å². The highest BCUT2D eigenvalue weighted by Crippen LogP contribution is 2.50. The maximum absolute atomic E-state index is 12.2. The highest BCUT2D eigenvalue weighted by molar-refractivity contribution is 6.35. The fraction of sp³-hybridized carbons (Fsp3) is 0.267. The summed E-state index contributed by atoms with van der Waals surface area (Å²) in [5, 5.41) is 16.5. The molecule has 1 amide bonds. The number of amides is 1. The molecule has 0 bridgehead atoms. The molecule has 8 heteroatoms. The topological polar surface area (TPSA) is 84.2 Å². The van der Waals surface area contributed by atoms with Crippen LogP contribution in [-0.2, 0) is 16.1 Å². The second kappa shape index (κ2) is 6.22. The minimum atomic E-state index is -0.995. The van der Waals surface area contributed by atoms with Gasteiger partial charge in [0.25, 0.3) is 0 Å². The van der Waals surface area contributed by atoms with Gasteiger partial charge >= 0.3 is 5.97 Å². The molecule has 1 aliphatic carbocycles. The molecule has 3 rings (SSSR count). The first kappa shape index (κ1) is 15.8. The first-order chi connectivity index (χ1) is 10.9. The van der Waals surface area contributed by atoms with Crippen LogP contribution < -0.4 is 5.32 Å². The molecule has 23 heavy (non-hydrogen) atoms. The molecular weight excluding hydrogens is 341 g/mol. The van der Waals surface area contributed by atoms with Crippen LogP contribution in [0.5, 0.6) is 0 Å². The number of hydrogen-bond donors (Lipinski definition) is 2. The molecule has 6 nitrogen and oxygen atoms in total. The summed E-state index contributed by atoms with van der Waals surface area (Å²) in [6, 6.07) is 6.82. The Balaban J connectivity index is 1.62. The van der Waals surface area contributed by atoms with Gasteiger partial charge in [0, 0.05) is 28.2 Å². The van der Waals surface area contributed by atoms with Crippen molar-refractivity contribution in [1.29, 1.82) is 0 Å². The Hall–Kier alpha value is -2.05. The summed E-state index contributed by atoms with van der Waals surface area (Å²) in [5.41, 5.74) is 0.910. The van der Waals surface area contributed by atoms with Gasteiger partial charge < -0.3 is 10.4 Å². The van der Waals surface area contributed by atoms with E-state index in [1.54, 1.807) is 18.2 Å². The van der Waals surface area contributed by atoms with E-state index < -0.39 is 5.97 Å². The molecule has 1 aromatic carbocycles. The summed E-state index contributed by atoms with van der Waals surface area (Å²) in [5.74, 6) is -0.907. The zero-order valence-corrected chi connectivity index (χ0v) is 13.4. The predicted octanol–water partition coefficient (Wildman–Crippen LogP) is 3.02. The SMILES string of the molecule is O=C(O)Cn1ccc(NC(=O)[C@@H]2C[C@H]2c2ccc(Cl)cc2Cl)n1. The van der Waals surface area contributed by atoms with E-state index in [4.69, 9.17) is 28.3 Å². The summed E-state index contributed by atoms with van der Waals surface area (Å²) in [6.07, 6.45) is 2.22. The second-order valence-corrected chi connectivity index (χ2v) is 6.24. The van der Waals surface area contributed by atoms with Gasteiger partial charge in [0.2, 0.25) is 5.91 Å². The predicted molar refractivity (Wildman–Crippen MR) is 85.8 cm³/mol. The number of rotatable bonds is 5. The molecule has 2 N–H and O–H groups in total. The van der Waals surface area contributed by atoms with Crippen LogP contribution in [0.2, 0.25) is 10.0 Å². The Bertz CT molecular complexity index is 775. The van der Waals surface area contributed by atoms with E-state index in [0.29, 0.717) is 22.3 Å². The third-order valence-corrected chi connectivity index (χ3v) is 4.24. The lowest BCUT2D eigenvalue weighted by Crippen LogP contribution is -2.16. The molecular formula is C15H13Cl2N3O3. The number of aliphatic carboxylic acids is 1. The lowest BCUT2D eigenvalue weighted by Gasteiger charge is -2.04. The molecule has 0 aliphatic heterocycles. The van der Waals surface area contributed by atoms with Gasteiger partial charge in [0.1, 0.15) is 6.54 Å². The van der Waals surface area contributed by atoms with Gasteiger partial charge in [-0.3, -0.25) is 14.3 Å². The second-order valence-electron chi connectivity index (χ2n) is 5.40. The van der Waals surface area contributed by atoms with Crippen molar-refractivity contribution in [1.82, 2.24) is 9.78 Å². The first-order valence-electron chi connectivity index (χ1n) is 6.95. The van der Waals surface area contributed by atoms with Crippen LogP contribution in [0.1, 0.15) is 17.9 Å². The third-order valence-electron chi connectivity index (χ3n) is 3.68. The Kier molecular flexibility index (Phi) is 4.28. The highest BCUT2D eigenvalue weighted by Gasteiger charge is 2.45. The van der Waals surface area contributed by atoms with Crippen LogP contribution in [-0.4, -0.2) is 26.8 Å². The molecule has 0 radical (unpaired) electrons. The summed E-state index contributed by atoms with van der Waals surface area (Å²) >= 11 is 12.0. The zero-order chi connectivity index (χ0) is 16.6. The number of carbonyl (C=O) groups is 2. The fourth-order valence-electron chi connectivity index (χ4n) is 2.50. The molecule has 0 unspecified atom stereocenters. The van der Waals surface area contributed by atoms with Crippen molar-refractivity contribution in [2.75, 3.05) is 5.32 Å². The number of hydrogen-bond acceptors (Lipinski definition) is 3. The van der Waals surface area contributed by atoms with Crippen molar-refractivity contribution in [3.05, 3.63) is 46.1 Å². The summed E-state index contributed by atoms with van der Waals surface area (Å²) in [4.78, 5) is 22.8. The lowest BCUT2D eigenvalue weighted by atomic mass is 10.1. The molecule has 1 fully saturated rings. The Morgan fingerprint density at radius 2 is 2.13 bits per heavy atom. The maximum atomic E-state index is 12.2. The average Bonchev–Trinajstić information content (AvgIpc) is 3.13. The van der Waals surface area contributed by atoms with E-state index in [9.17, 15) is 9.59 Å². The quantitative estimate of drug-likeness (QED) is 0.865. The number of anilines is 1. The number of aromatic nitrogens is 2. The number of carboxylic acids is 1. The number of carboxylic acid groups (broad SMARTS) is 1. The smallest absolute Gasteiger partial charge is 0.325 e. The van der Waals surface area contributed by atoms with E-state index in [1.165, 1.54) is 10.9 Å². The van der Waals surface area contributed by atoms with Crippen LogP contribution in [0.4, 0.5) is 5.82 Å². The standard InChI is InChI=1S/C15H13Cl2N3O3/c16-8-1-2-9(12(17)5-8)10-6-11(10)15(23)18-13-3-4-20(19-13)7-14(21)22/h1-5,10-11H,6-7H2,(H,21,22)(H,18,19,23)/t10-,11+/m0/s1. The molecule has 1 heterocycles. The van der Waals surface area contributed by atoms with Gasteiger partial charge in [-0.15, -0.1) is 0 Å². The summed E-state index contributed by atoms with van der Waals surface area (Å²) < 4.78 is 1.25.